The molecule has 1 aromatic heterocycles. The maximum absolute atomic E-state index is 13.7. The third kappa shape index (κ3) is 5.47. The van der Waals surface area contributed by atoms with Gasteiger partial charge in [-0.25, -0.2) is 9.37 Å². The summed E-state index contributed by atoms with van der Waals surface area (Å²) in [4.78, 5) is 4.02. The van der Waals surface area contributed by atoms with E-state index in [2.05, 4.69) is 15.4 Å². The van der Waals surface area contributed by atoms with Gasteiger partial charge in [0.1, 0.15) is 11.0 Å². The summed E-state index contributed by atoms with van der Waals surface area (Å²) in [6, 6.07) is 9.89. The van der Waals surface area contributed by atoms with Crippen LogP contribution in [0.3, 0.4) is 0 Å². The number of rotatable bonds is 4. The number of nitrogens with zero attached hydrogens (tertiary/aromatic N) is 1. The van der Waals surface area contributed by atoms with E-state index in [0.29, 0.717) is 23.4 Å². The molecular formula is C18H20ClFN3O2PS2. The summed E-state index contributed by atoms with van der Waals surface area (Å²) in [5, 5.41) is 6.79. The maximum Gasteiger partial charge on any atom is 0.289 e. The Balaban J connectivity index is 1.66. The lowest BCUT2D eigenvalue weighted by molar-refractivity contribution is -0.0138. The Kier molecular flexibility index (Phi) is 6.69. The Morgan fingerprint density at radius 3 is 2.86 bits per heavy atom. The summed E-state index contributed by atoms with van der Waals surface area (Å²) in [6.07, 6.45) is 1.24. The smallest absolute Gasteiger partial charge is 0.289 e. The zero-order valence-corrected chi connectivity index (χ0v) is 18.6. The van der Waals surface area contributed by atoms with Crippen molar-refractivity contribution in [2.24, 2.45) is 5.41 Å². The van der Waals surface area contributed by atoms with Crippen LogP contribution in [0.5, 0.6) is 0 Å². The molecule has 2 aromatic rings. The van der Waals surface area contributed by atoms with E-state index in [1.54, 1.807) is 18.3 Å². The largest absolute Gasteiger partial charge is 0.358 e. The molecule has 0 aliphatic carbocycles. The highest BCUT2D eigenvalue weighted by Gasteiger charge is 2.43. The summed E-state index contributed by atoms with van der Waals surface area (Å²) >= 11 is 16.7. The molecule has 1 aliphatic heterocycles. The molecule has 0 saturated carbocycles. The Hall–Kier alpha value is -1.15. The van der Waals surface area contributed by atoms with Crippen molar-refractivity contribution in [1.82, 2.24) is 15.4 Å². The molecule has 2 N–H and O–H groups in total. The molecule has 0 radical (unpaired) electrons. The second kappa shape index (κ2) is 8.69. The van der Waals surface area contributed by atoms with Crippen LogP contribution in [0.4, 0.5) is 4.39 Å². The molecule has 0 bridgehead atoms. The minimum absolute atomic E-state index is 0.316. The van der Waals surface area contributed by atoms with Crippen LogP contribution in [0.15, 0.2) is 42.6 Å². The monoisotopic (exact) mass is 459 g/mol. The number of pyridine rings is 1. The Morgan fingerprint density at radius 1 is 1.39 bits per heavy atom. The Morgan fingerprint density at radius 2 is 2.18 bits per heavy atom. The lowest BCUT2D eigenvalue weighted by Crippen LogP contribution is -2.40. The first kappa shape index (κ1) is 21.6. The second-order valence-corrected chi connectivity index (χ2v) is 11.0. The zero-order chi connectivity index (χ0) is 20.4. The quantitative estimate of drug-likeness (QED) is 0.384. The van der Waals surface area contributed by atoms with E-state index < -0.39 is 12.7 Å². The molecule has 2 atom stereocenters. The predicted octanol–water partition coefficient (Wildman–Crippen LogP) is 4.88. The number of nitrogens with one attached hydrogen (secondary N) is 2. The lowest BCUT2D eigenvalue weighted by Gasteiger charge is -2.43. The number of thiocarbonyl (C=S) groups is 1. The summed E-state index contributed by atoms with van der Waals surface area (Å²) in [5.41, 5.74) is 1.26. The van der Waals surface area contributed by atoms with Crippen LogP contribution in [0.2, 0.25) is 5.15 Å². The van der Waals surface area contributed by atoms with Gasteiger partial charge >= 0.3 is 0 Å². The van der Waals surface area contributed by atoms with Crippen molar-refractivity contribution in [2.75, 3.05) is 6.61 Å². The molecule has 28 heavy (non-hydrogen) atoms. The minimum Gasteiger partial charge on any atom is -0.358 e. The molecule has 1 fully saturated rings. The minimum atomic E-state index is -2.89. The first-order valence-corrected chi connectivity index (χ1v) is 11.9. The fourth-order valence-electron chi connectivity index (χ4n) is 2.74. The van der Waals surface area contributed by atoms with Gasteiger partial charge < -0.3 is 14.4 Å². The van der Waals surface area contributed by atoms with Gasteiger partial charge in [-0.15, -0.1) is 0 Å². The topological polar surface area (TPSA) is 55.4 Å². The summed E-state index contributed by atoms with van der Waals surface area (Å²) < 4.78 is 25.7. The molecule has 0 spiro atoms. The lowest BCUT2D eigenvalue weighted by atomic mass is 9.83. The Bertz CT molecular complexity index is 914. The Labute approximate surface area is 179 Å². The fourth-order valence-corrected chi connectivity index (χ4v) is 5.84. The van der Waals surface area contributed by atoms with Gasteiger partial charge in [-0.1, -0.05) is 43.6 Å². The van der Waals surface area contributed by atoms with Gasteiger partial charge in [0.05, 0.1) is 12.7 Å². The van der Waals surface area contributed by atoms with Gasteiger partial charge in [0, 0.05) is 18.2 Å². The molecule has 1 aromatic carbocycles. The van der Waals surface area contributed by atoms with E-state index in [4.69, 9.17) is 44.7 Å². The van der Waals surface area contributed by atoms with Gasteiger partial charge in [0.25, 0.3) is 6.64 Å². The standard InChI is InChI=1S/C18H20ClFN3O2PS2/c1-18(2)11-24-26(28,25-16(18)13-4-3-5-14(20)8-13)23-17(27)22-10-12-6-7-15(19)21-9-12/h3-9,16H,10-11H2,1-2H3,(H2,22,23,27,28)/t16-,26+/m0/s1. The van der Waals surface area contributed by atoms with Crippen molar-refractivity contribution >= 4 is 47.4 Å². The number of benzene rings is 1. The van der Waals surface area contributed by atoms with Crippen LogP contribution in [0, 0.1) is 11.2 Å². The number of hydrogen-bond acceptors (Lipinski definition) is 5. The third-order valence-corrected chi connectivity index (χ3v) is 7.12. The second-order valence-electron chi connectivity index (χ2n) is 7.08. The SMILES string of the molecule is CC1(C)CO[P@](=S)(NC(=S)NCc2ccc(Cl)nc2)O[C@H]1c1cccc(F)c1. The van der Waals surface area contributed by atoms with Gasteiger partial charge in [-0.3, -0.25) is 5.09 Å². The normalized spacial score (nSPS) is 23.8. The van der Waals surface area contributed by atoms with Crippen molar-refractivity contribution in [3.05, 3.63) is 64.7 Å². The van der Waals surface area contributed by atoms with E-state index in [1.807, 2.05) is 26.0 Å². The molecule has 3 rings (SSSR count). The molecule has 5 nitrogen and oxygen atoms in total. The van der Waals surface area contributed by atoms with E-state index in [-0.39, 0.29) is 11.2 Å². The van der Waals surface area contributed by atoms with Gasteiger partial charge in [-0.05, 0) is 53.4 Å². The molecule has 10 heteroatoms. The molecule has 2 heterocycles. The van der Waals surface area contributed by atoms with Crippen LogP contribution in [0.25, 0.3) is 0 Å². The summed E-state index contributed by atoms with van der Waals surface area (Å²) in [6.45, 7) is 1.90. The highest BCUT2D eigenvalue weighted by Crippen LogP contribution is 2.58. The first-order chi connectivity index (χ1) is 13.2. The average molecular weight is 460 g/mol. The van der Waals surface area contributed by atoms with Crippen LogP contribution in [-0.2, 0) is 27.4 Å². The average Bonchev–Trinajstić information content (AvgIpc) is 2.64. The molecule has 0 unspecified atom stereocenters. The van der Waals surface area contributed by atoms with Crippen LogP contribution in [-0.4, -0.2) is 16.7 Å². The van der Waals surface area contributed by atoms with Gasteiger partial charge in [0.2, 0.25) is 0 Å². The number of hydrogen-bond donors (Lipinski definition) is 2. The van der Waals surface area contributed by atoms with E-state index >= 15 is 0 Å². The zero-order valence-electron chi connectivity index (χ0n) is 15.3. The van der Waals surface area contributed by atoms with Crippen molar-refractivity contribution in [1.29, 1.82) is 0 Å². The van der Waals surface area contributed by atoms with Crippen molar-refractivity contribution in [3.8, 4) is 0 Å². The van der Waals surface area contributed by atoms with Gasteiger partial charge in [-0.2, -0.15) is 0 Å². The van der Waals surface area contributed by atoms with E-state index in [0.717, 1.165) is 11.1 Å². The van der Waals surface area contributed by atoms with E-state index in [9.17, 15) is 4.39 Å². The highest BCUT2D eigenvalue weighted by molar-refractivity contribution is 8.09. The van der Waals surface area contributed by atoms with Crippen molar-refractivity contribution in [3.63, 3.8) is 0 Å². The molecule has 0 amide bonds. The maximum atomic E-state index is 13.7. The molecule has 1 aliphatic rings. The van der Waals surface area contributed by atoms with E-state index in [1.165, 1.54) is 12.1 Å². The molecular weight excluding hydrogens is 440 g/mol. The van der Waals surface area contributed by atoms with Gasteiger partial charge in [0.15, 0.2) is 5.11 Å². The van der Waals surface area contributed by atoms with Crippen LogP contribution >= 0.6 is 30.5 Å². The first-order valence-electron chi connectivity index (χ1n) is 8.52. The molecule has 1 saturated heterocycles. The van der Waals surface area contributed by atoms with Crippen molar-refractivity contribution < 1.29 is 13.4 Å². The predicted molar refractivity (Wildman–Crippen MR) is 116 cm³/mol. The summed E-state index contributed by atoms with van der Waals surface area (Å²) in [7, 11) is 0. The number of halogens is 2. The van der Waals surface area contributed by atoms with Crippen molar-refractivity contribution in [2.45, 2.75) is 26.5 Å². The van der Waals surface area contributed by atoms with Crippen LogP contribution in [0.1, 0.15) is 31.1 Å². The highest BCUT2D eigenvalue weighted by atomic mass is 35.5. The third-order valence-electron chi connectivity index (χ3n) is 4.19. The summed E-state index contributed by atoms with van der Waals surface area (Å²) in [5.74, 6) is -0.321. The van der Waals surface area contributed by atoms with Crippen LogP contribution < -0.4 is 10.4 Å². The molecule has 150 valence electrons. The fraction of sp³-hybridized carbons (Fsp3) is 0.333. The number of aromatic nitrogens is 1.